The van der Waals surface area contributed by atoms with Crippen molar-refractivity contribution in [3.05, 3.63) is 29.0 Å². The molecule has 0 spiro atoms. The second-order valence-electron chi connectivity index (χ2n) is 4.37. The molecule has 1 fully saturated rings. The maximum atomic E-state index is 13.2. The van der Waals surface area contributed by atoms with Crippen LogP contribution < -0.4 is 5.73 Å². The third-order valence-corrected chi connectivity index (χ3v) is 4.96. The second kappa shape index (κ2) is 6.37. The first-order valence-corrected chi connectivity index (χ1v) is 7.43. The Balaban J connectivity index is 0.00000180. The van der Waals surface area contributed by atoms with E-state index in [0.717, 1.165) is 18.6 Å². The van der Waals surface area contributed by atoms with Crippen molar-refractivity contribution in [2.24, 2.45) is 5.73 Å². The monoisotopic (exact) mass is 328 g/mol. The molecule has 19 heavy (non-hydrogen) atoms. The van der Waals surface area contributed by atoms with Crippen LogP contribution in [-0.4, -0.2) is 31.9 Å². The number of hydrogen-bond donors (Lipinski definition) is 1. The minimum absolute atomic E-state index is 0. The van der Waals surface area contributed by atoms with Crippen LogP contribution in [0, 0.1) is 5.82 Å². The third kappa shape index (κ3) is 3.79. The minimum Gasteiger partial charge on any atom is -0.327 e. The number of nitrogens with two attached hydrogens (primary N) is 1. The fourth-order valence-corrected chi connectivity index (χ4v) is 3.90. The molecule has 108 valence electrons. The van der Waals surface area contributed by atoms with E-state index in [9.17, 15) is 12.8 Å². The highest BCUT2D eigenvalue weighted by molar-refractivity contribution is 7.89. The summed E-state index contributed by atoms with van der Waals surface area (Å²) in [5, 5.41) is 0.0647. The molecule has 1 saturated heterocycles. The molecule has 2 N–H and O–H groups in total. The van der Waals surface area contributed by atoms with Crippen molar-refractivity contribution in [1.82, 2.24) is 4.31 Å². The lowest BCUT2D eigenvalue weighted by atomic mass is 10.1. The largest absolute Gasteiger partial charge is 0.327 e. The quantitative estimate of drug-likeness (QED) is 0.903. The molecule has 0 amide bonds. The molecule has 2 rings (SSSR count). The molecule has 1 aliphatic rings. The summed E-state index contributed by atoms with van der Waals surface area (Å²) >= 11 is 5.68. The van der Waals surface area contributed by atoms with E-state index in [2.05, 4.69) is 0 Å². The van der Waals surface area contributed by atoms with Crippen LogP contribution in [0.3, 0.4) is 0 Å². The summed E-state index contributed by atoms with van der Waals surface area (Å²) < 4.78 is 39.1. The summed E-state index contributed by atoms with van der Waals surface area (Å²) in [6.45, 7) is 0.667. The van der Waals surface area contributed by atoms with Gasteiger partial charge in [-0.2, -0.15) is 4.31 Å². The van der Waals surface area contributed by atoms with Crippen LogP contribution in [0.2, 0.25) is 5.02 Å². The zero-order valence-corrected chi connectivity index (χ0v) is 12.4. The van der Waals surface area contributed by atoms with Gasteiger partial charge in [0.1, 0.15) is 5.82 Å². The van der Waals surface area contributed by atoms with Crippen LogP contribution in [0.15, 0.2) is 23.1 Å². The van der Waals surface area contributed by atoms with Gasteiger partial charge in [0.15, 0.2) is 0 Å². The molecule has 0 saturated carbocycles. The van der Waals surface area contributed by atoms with Crippen molar-refractivity contribution in [2.45, 2.75) is 23.8 Å². The van der Waals surface area contributed by atoms with Gasteiger partial charge in [-0.3, -0.25) is 0 Å². The van der Waals surface area contributed by atoms with Crippen LogP contribution in [0.4, 0.5) is 4.39 Å². The van der Waals surface area contributed by atoms with Gasteiger partial charge >= 0.3 is 0 Å². The van der Waals surface area contributed by atoms with E-state index in [0.29, 0.717) is 13.0 Å². The SMILES string of the molecule is Cl.NC1CCCN(S(=O)(=O)c2cc(F)cc(Cl)c2)C1. The molecule has 0 bridgehead atoms. The lowest BCUT2D eigenvalue weighted by molar-refractivity contribution is 0.316. The summed E-state index contributed by atoms with van der Waals surface area (Å²) in [6, 6.07) is 3.13. The highest BCUT2D eigenvalue weighted by Gasteiger charge is 2.29. The molecule has 8 heteroatoms. The lowest BCUT2D eigenvalue weighted by Crippen LogP contribution is -2.45. The van der Waals surface area contributed by atoms with E-state index >= 15 is 0 Å². The van der Waals surface area contributed by atoms with E-state index < -0.39 is 15.8 Å². The molecule has 0 aromatic heterocycles. The van der Waals surface area contributed by atoms with Crippen molar-refractivity contribution >= 4 is 34.0 Å². The summed E-state index contributed by atoms with van der Waals surface area (Å²) in [6.07, 6.45) is 1.51. The van der Waals surface area contributed by atoms with Crippen molar-refractivity contribution in [3.63, 3.8) is 0 Å². The Kier molecular flexibility index (Phi) is 5.58. The molecule has 4 nitrogen and oxygen atoms in total. The predicted octanol–water partition coefficient (Wildman–Crippen LogP) is 2.01. The molecule has 1 unspecified atom stereocenters. The fraction of sp³-hybridized carbons (Fsp3) is 0.455. The van der Waals surface area contributed by atoms with Gasteiger partial charge in [-0.05, 0) is 31.0 Å². The average Bonchev–Trinajstić information content (AvgIpc) is 2.27. The van der Waals surface area contributed by atoms with Gasteiger partial charge in [-0.25, -0.2) is 12.8 Å². The number of sulfonamides is 1. The van der Waals surface area contributed by atoms with Crippen LogP contribution in [0.5, 0.6) is 0 Å². The minimum atomic E-state index is -3.71. The van der Waals surface area contributed by atoms with Gasteiger partial charge in [0.2, 0.25) is 10.0 Å². The normalized spacial score (nSPS) is 20.9. The number of nitrogens with zero attached hydrogens (tertiary/aromatic N) is 1. The molecule has 1 atom stereocenters. The molecular formula is C11H15Cl2FN2O2S. The molecule has 1 aromatic carbocycles. The van der Waals surface area contributed by atoms with Gasteiger partial charge in [-0.15, -0.1) is 12.4 Å². The summed E-state index contributed by atoms with van der Waals surface area (Å²) in [5.74, 6) is -0.664. The van der Waals surface area contributed by atoms with E-state index in [1.807, 2.05) is 0 Å². The van der Waals surface area contributed by atoms with Crippen molar-refractivity contribution < 1.29 is 12.8 Å². The topological polar surface area (TPSA) is 63.4 Å². The average molecular weight is 329 g/mol. The molecular weight excluding hydrogens is 314 g/mol. The number of hydrogen-bond acceptors (Lipinski definition) is 3. The Morgan fingerprint density at radius 1 is 1.37 bits per heavy atom. The first-order chi connectivity index (χ1) is 8.39. The highest BCUT2D eigenvalue weighted by Crippen LogP contribution is 2.23. The maximum absolute atomic E-state index is 13.2. The summed E-state index contributed by atoms with van der Waals surface area (Å²) in [4.78, 5) is -0.124. The molecule has 0 aliphatic carbocycles. The third-order valence-electron chi connectivity index (χ3n) is 2.89. The van der Waals surface area contributed by atoms with Crippen molar-refractivity contribution in [2.75, 3.05) is 13.1 Å². The van der Waals surface area contributed by atoms with Crippen LogP contribution in [0.1, 0.15) is 12.8 Å². The smallest absolute Gasteiger partial charge is 0.243 e. The fourth-order valence-electron chi connectivity index (χ4n) is 2.02. The van der Waals surface area contributed by atoms with Crippen molar-refractivity contribution in [1.29, 1.82) is 0 Å². The van der Waals surface area contributed by atoms with Crippen LogP contribution in [-0.2, 0) is 10.0 Å². The zero-order chi connectivity index (χ0) is 13.3. The Bertz CT molecular complexity index is 533. The molecule has 1 heterocycles. The standard InChI is InChI=1S/C11H14ClFN2O2S.ClH/c12-8-4-9(13)6-11(5-8)18(16,17)15-3-1-2-10(14)7-15;/h4-6,10H,1-3,7,14H2;1H. The summed E-state index contributed by atoms with van der Waals surface area (Å²) in [5.41, 5.74) is 5.75. The Hall–Kier alpha value is -0.400. The van der Waals surface area contributed by atoms with Crippen molar-refractivity contribution in [3.8, 4) is 0 Å². The second-order valence-corrected chi connectivity index (χ2v) is 6.74. The zero-order valence-electron chi connectivity index (χ0n) is 10.1. The predicted molar refractivity (Wildman–Crippen MR) is 74.6 cm³/mol. The molecule has 1 aliphatic heterocycles. The van der Waals surface area contributed by atoms with E-state index in [4.69, 9.17) is 17.3 Å². The van der Waals surface area contributed by atoms with E-state index in [1.165, 1.54) is 10.4 Å². The van der Waals surface area contributed by atoms with Crippen LogP contribution in [0.25, 0.3) is 0 Å². The Labute approximate surface area is 123 Å². The van der Waals surface area contributed by atoms with Gasteiger partial charge in [0.25, 0.3) is 0 Å². The first-order valence-electron chi connectivity index (χ1n) is 5.61. The van der Waals surface area contributed by atoms with E-state index in [1.54, 1.807) is 0 Å². The Morgan fingerprint density at radius 2 is 2.05 bits per heavy atom. The van der Waals surface area contributed by atoms with Gasteiger partial charge in [-0.1, -0.05) is 11.6 Å². The number of halogens is 3. The molecule has 1 aromatic rings. The highest BCUT2D eigenvalue weighted by atomic mass is 35.5. The number of rotatable bonds is 2. The number of benzene rings is 1. The molecule has 0 radical (unpaired) electrons. The summed E-state index contributed by atoms with van der Waals surface area (Å²) in [7, 11) is -3.71. The van der Waals surface area contributed by atoms with Gasteiger partial charge in [0.05, 0.1) is 4.90 Å². The maximum Gasteiger partial charge on any atom is 0.243 e. The lowest BCUT2D eigenvalue weighted by Gasteiger charge is -2.29. The van der Waals surface area contributed by atoms with Crippen LogP contribution >= 0.6 is 24.0 Å². The van der Waals surface area contributed by atoms with E-state index in [-0.39, 0.29) is 34.9 Å². The van der Waals surface area contributed by atoms with Gasteiger partial charge in [0, 0.05) is 24.2 Å². The Morgan fingerprint density at radius 3 is 2.63 bits per heavy atom. The first kappa shape index (κ1) is 16.7. The number of piperidine rings is 1. The van der Waals surface area contributed by atoms with Gasteiger partial charge < -0.3 is 5.73 Å².